The van der Waals surface area contributed by atoms with E-state index in [1.165, 1.54) is 4.90 Å². The van der Waals surface area contributed by atoms with Gasteiger partial charge in [0.05, 0.1) is 0 Å². The predicted octanol–water partition coefficient (Wildman–Crippen LogP) is 4.58. The highest BCUT2D eigenvalue weighted by molar-refractivity contribution is 6.70. The molecule has 0 saturated heterocycles. The van der Waals surface area contributed by atoms with Crippen molar-refractivity contribution < 1.29 is 9.53 Å². The number of nitrogens with zero attached hydrogens (tertiary/aromatic N) is 1. The van der Waals surface area contributed by atoms with Crippen LogP contribution in [-0.2, 0) is 4.74 Å². The lowest BCUT2D eigenvalue weighted by Gasteiger charge is -2.24. The lowest BCUT2D eigenvalue weighted by atomic mass is 10.3. The molecule has 1 atom stereocenters. The van der Waals surface area contributed by atoms with Gasteiger partial charge in [0.25, 0.3) is 0 Å². The number of rotatable bonds is 3. The van der Waals surface area contributed by atoms with Crippen LogP contribution in [0.4, 0.5) is 10.5 Å². The van der Waals surface area contributed by atoms with Gasteiger partial charge in [-0.2, -0.15) is 0 Å². The lowest BCUT2D eigenvalue weighted by Crippen LogP contribution is -2.36. The first-order chi connectivity index (χ1) is 8.36. The second-order valence-corrected chi connectivity index (χ2v) is 6.09. The zero-order valence-electron chi connectivity index (χ0n) is 9.45. The monoisotopic (exact) mass is 329 g/mol. The molecule has 0 N–H and O–H groups in total. The Morgan fingerprint density at radius 3 is 2.33 bits per heavy atom. The number of anilines is 1. The van der Waals surface area contributed by atoms with Gasteiger partial charge in [-0.1, -0.05) is 64.6 Å². The number of amides is 1. The molecule has 3 nitrogen and oxygen atoms in total. The first kappa shape index (κ1) is 15.7. The van der Waals surface area contributed by atoms with Crippen LogP contribution >= 0.6 is 46.4 Å². The molecule has 0 fully saturated rings. The molecule has 1 aromatic carbocycles. The smallest absolute Gasteiger partial charge is 0.415 e. The van der Waals surface area contributed by atoms with Crippen LogP contribution in [0.1, 0.15) is 6.92 Å². The van der Waals surface area contributed by atoms with Gasteiger partial charge in [-0.15, -0.1) is 0 Å². The van der Waals surface area contributed by atoms with E-state index >= 15 is 0 Å². The van der Waals surface area contributed by atoms with Crippen molar-refractivity contribution in [3.05, 3.63) is 30.3 Å². The lowest BCUT2D eigenvalue weighted by molar-refractivity contribution is 0.141. The van der Waals surface area contributed by atoms with E-state index in [0.717, 1.165) is 0 Å². The van der Waals surface area contributed by atoms with Crippen molar-refractivity contribution in [2.24, 2.45) is 0 Å². The van der Waals surface area contributed by atoms with E-state index in [9.17, 15) is 4.79 Å². The molecule has 18 heavy (non-hydrogen) atoms. The minimum absolute atomic E-state index is 0.409. The molecule has 1 aromatic rings. The summed E-state index contributed by atoms with van der Waals surface area (Å²) in [6, 6.07) is 8.98. The summed E-state index contributed by atoms with van der Waals surface area (Å²) in [6.45, 7) is 2.21. The van der Waals surface area contributed by atoms with Crippen molar-refractivity contribution in [1.29, 1.82) is 0 Å². The summed E-state index contributed by atoms with van der Waals surface area (Å²) < 4.78 is 3.01. The Morgan fingerprint density at radius 2 is 1.89 bits per heavy atom. The Bertz CT molecular complexity index is 394. The topological polar surface area (TPSA) is 29.5 Å². The van der Waals surface area contributed by atoms with Gasteiger partial charge in [0.1, 0.15) is 0 Å². The molecule has 0 aliphatic heterocycles. The van der Waals surface area contributed by atoms with Gasteiger partial charge >= 0.3 is 6.09 Å². The molecule has 0 radical (unpaired) electrons. The Morgan fingerprint density at radius 1 is 1.33 bits per heavy atom. The van der Waals surface area contributed by atoms with Crippen LogP contribution in [0.25, 0.3) is 0 Å². The van der Waals surface area contributed by atoms with Crippen LogP contribution in [-0.4, -0.2) is 22.0 Å². The Balaban J connectivity index is 2.76. The first-order valence-electron chi connectivity index (χ1n) is 5.10. The molecule has 0 aromatic heterocycles. The maximum absolute atomic E-state index is 11.9. The maximum Gasteiger partial charge on any atom is 0.415 e. The van der Waals surface area contributed by atoms with Gasteiger partial charge in [0, 0.05) is 12.2 Å². The van der Waals surface area contributed by atoms with E-state index in [1.807, 2.05) is 6.07 Å². The van der Waals surface area contributed by atoms with Crippen molar-refractivity contribution in [3.63, 3.8) is 0 Å². The van der Waals surface area contributed by atoms with Crippen molar-refractivity contribution in [2.45, 2.75) is 16.3 Å². The van der Waals surface area contributed by atoms with Gasteiger partial charge in [0.2, 0.25) is 9.36 Å². The normalized spacial score (nSPS) is 12.9. The molecule has 0 spiro atoms. The molecule has 100 valence electrons. The second kappa shape index (κ2) is 6.71. The minimum atomic E-state index is -1.87. The van der Waals surface area contributed by atoms with Crippen LogP contribution in [0.2, 0.25) is 0 Å². The number of para-hydroxylation sites is 1. The number of benzene rings is 1. The molecular formula is C11H11Cl4NO2. The fourth-order valence-corrected chi connectivity index (χ4v) is 1.45. The van der Waals surface area contributed by atoms with Crippen LogP contribution in [0.15, 0.2) is 30.3 Å². The third kappa shape index (κ3) is 4.39. The Hall–Kier alpha value is -0.350. The highest BCUT2D eigenvalue weighted by Crippen LogP contribution is 2.35. The average Bonchev–Trinajstić information content (AvgIpc) is 2.30. The summed E-state index contributed by atoms with van der Waals surface area (Å²) >= 11 is 22.2. The standard InChI is InChI=1S/C11H11Cl4NO2/c1-2-16(8-6-4-3-5-7-8)10(17)18-9(12)11(13,14)15/h3-7,9H,2H2,1H3/t9-/m0/s1. The molecule has 0 aliphatic carbocycles. The predicted molar refractivity (Wildman–Crippen MR) is 75.9 cm³/mol. The summed E-state index contributed by atoms with van der Waals surface area (Å²) in [5, 5.41) is 0. The number of halogens is 4. The molecule has 0 saturated carbocycles. The number of hydrogen-bond donors (Lipinski definition) is 0. The summed E-state index contributed by atoms with van der Waals surface area (Å²) in [4.78, 5) is 13.3. The number of ether oxygens (including phenoxy) is 1. The first-order valence-corrected chi connectivity index (χ1v) is 6.67. The number of carbonyl (C=O) groups excluding carboxylic acids is 1. The van der Waals surface area contributed by atoms with Gasteiger partial charge in [-0.05, 0) is 19.1 Å². The molecular weight excluding hydrogens is 320 g/mol. The van der Waals surface area contributed by atoms with Gasteiger partial charge < -0.3 is 4.74 Å². The number of alkyl halides is 4. The highest BCUT2D eigenvalue weighted by atomic mass is 35.6. The minimum Gasteiger partial charge on any atom is -0.425 e. The molecule has 0 bridgehead atoms. The largest absolute Gasteiger partial charge is 0.425 e. The molecule has 0 aliphatic rings. The molecule has 0 heterocycles. The van der Waals surface area contributed by atoms with E-state index in [2.05, 4.69) is 0 Å². The second-order valence-electron chi connectivity index (χ2n) is 3.32. The van der Waals surface area contributed by atoms with Crippen molar-refractivity contribution in [2.75, 3.05) is 11.4 Å². The van der Waals surface area contributed by atoms with E-state index in [-0.39, 0.29) is 0 Å². The van der Waals surface area contributed by atoms with Crippen molar-refractivity contribution >= 4 is 58.2 Å². The van der Waals surface area contributed by atoms with Crippen LogP contribution in [0, 0.1) is 0 Å². The average molecular weight is 331 g/mol. The molecule has 7 heteroatoms. The summed E-state index contributed by atoms with van der Waals surface area (Å²) in [7, 11) is 0. The quantitative estimate of drug-likeness (QED) is 0.759. The van der Waals surface area contributed by atoms with Gasteiger partial charge in [-0.3, -0.25) is 4.90 Å². The van der Waals surface area contributed by atoms with Crippen LogP contribution in [0.5, 0.6) is 0 Å². The third-order valence-electron chi connectivity index (χ3n) is 2.07. The fourth-order valence-electron chi connectivity index (χ4n) is 1.24. The molecule has 1 rings (SSSR count). The van der Waals surface area contributed by atoms with Gasteiger partial charge in [-0.25, -0.2) is 4.79 Å². The summed E-state index contributed by atoms with van der Waals surface area (Å²) in [5.74, 6) is 0. The zero-order valence-corrected chi connectivity index (χ0v) is 12.5. The molecule has 0 unspecified atom stereocenters. The van der Waals surface area contributed by atoms with E-state index in [1.54, 1.807) is 31.2 Å². The van der Waals surface area contributed by atoms with E-state index < -0.39 is 15.4 Å². The van der Waals surface area contributed by atoms with E-state index in [4.69, 9.17) is 51.1 Å². The van der Waals surface area contributed by atoms with Gasteiger partial charge in [0.15, 0.2) is 0 Å². The fraction of sp³-hybridized carbons (Fsp3) is 0.364. The van der Waals surface area contributed by atoms with Crippen LogP contribution in [0.3, 0.4) is 0 Å². The number of hydrogen-bond acceptors (Lipinski definition) is 2. The molecule has 1 amide bonds. The summed E-state index contributed by atoms with van der Waals surface area (Å²) in [6.07, 6.45) is -0.671. The Labute approximate surface area is 126 Å². The highest BCUT2D eigenvalue weighted by Gasteiger charge is 2.35. The van der Waals surface area contributed by atoms with Crippen molar-refractivity contribution in [3.8, 4) is 0 Å². The third-order valence-corrected chi connectivity index (χ3v) is 3.41. The summed E-state index contributed by atoms with van der Waals surface area (Å²) in [5.41, 5.74) is -0.675. The Kier molecular flexibility index (Phi) is 5.86. The zero-order chi connectivity index (χ0) is 13.8. The maximum atomic E-state index is 11.9. The SMILES string of the molecule is CCN(C(=O)O[C@H](Cl)C(Cl)(Cl)Cl)c1ccccc1. The number of carbonyl (C=O) groups is 1. The van der Waals surface area contributed by atoms with Crippen LogP contribution < -0.4 is 4.90 Å². The van der Waals surface area contributed by atoms with Crippen molar-refractivity contribution in [1.82, 2.24) is 0 Å². The van der Waals surface area contributed by atoms with E-state index in [0.29, 0.717) is 12.2 Å².